The molecule has 1 aliphatic heterocycles. The van der Waals surface area contributed by atoms with Gasteiger partial charge in [0.1, 0.15) is 17.0 Å². The molecule has 1 saturated carbocycles. The van der Waals surface area contributed by atoms with Gasteiger partial charge in [0.15, 0.2) is 0 Å². The van der Waals surface area contributed by atoms with E-state index in [-0.39, 0.29) is 37.0 Å². The first-order valence-corrected chi connectivity index (χ1v) is 10.0. The smallest absolute Gasteiger partial charge is 0.141 e. The maximum absolute atomic E-state index is 10.6. The third-order valence-electron chi connectivity index (χ3n) is 5.32. The van der Waals surface area contributed by atoms with Crippen LogP contribution in [0.2, 0.25) is 0 Å². The predicted octanol–water partition coefficient (Wildman–Crippen LogP) is 3.70. The molecular formula is C18H28Cl2N4OS. The monoisotopic (exact) mass is 418 g/mol. The third kappa shape index (κ3) is 3.94. The molecule has 0 radical (unpaired) electrons. The predicted molar refractivity (Wildman–Crippen MR) is 113 cm³/mol. The van der Waals surface area contributed by atoms with E-state index in [1.165, 1.54) is 22.2 Å². The Morgan fingerprint density at radius 3 is 2.85 bits per heavy atom. The SMILES string of the molecule is CCCN(c1ncnc2sc3c(c12)CCNC3)[C@@H]1CCCC[C@H]1O.Cl.Cl. The number of nitrogens with zero attached hydrogens (tertiary/aromatic N) is 3. The molecule has 1 aliphatic carbocycles. The Bertz CT molecular complexity index is 727. The topological polar surface area (TPSA) is 61.3 Å². The standard InChI is InChI=1S/C18H26N4OS.2ClH/c1-2-9-22(13-5-3-4-6-14(13)23)17-16-12-7-8-19-10-15(12)24-18(16)21-11-20-17;;/h11,13-14,19,23H,2-10H2,1H3;2*1H/t13-,14-;;/m1../s1. The normalized spacial score (nSPS) is 22.2. The first kappa shape index (κ1) is 21.6. The van der Waals surface area contributed by atoms with Gasteiger partial charge in [-0.25, -0.2) is 9.97 Å². The van der Waals surface area contributed by atoms with Crippen molar-refractivity contribution in [3.63, 3.8) is 0 Å². The van der Waals surface area contributed by atoms with Crippen LogP contribution in [0.15, 0.2) is 6.33 Å². The van der Waals surface area contributed by atoms with Crippen LogP contribution in [0.5, 0.6) is 0 Å². The highest BCUT2D eigenvalue weighted by Crippen LogP contribution is 2.38. The van der Waals surface area contributed by atoms with E-state index in [1.807, 2.05) is 0 Å². The van der Waals surface area contributed by atoms with Gasteiger partial charge in [0.2, 0.25) is 0 Å². The van der Waals surface area contributed by atoms with E-state index in [9.17, 15) is 5.11 Å². The number of halogens is 2. The zero-order chi connectivity index (χ0) is 16.5. The summed E-state index contributed by atoms with van der Waals surface area (Å²) >= 11 is 1.79. The molecule has 2 aromatic heterocycles. The number of aromatic nitrogens is 2. The van der Waals surface area contributed by atoms with E-state index in [0.717, 1.165) is 62.4 Å². The van der Waals surface area contributed by atoms with E-state index in [2.05, 4.69) is 22.1 Å². The van der Waals surface area contributed by atoms with Crippen LogP contribution in [0.25, 0.3) is 10.2 Å². The molecule has 0 bridgehead atoms. The van der Waals surface area contributed by atoms with Crippen molar-refractivity contribution in [3.05, 3.63) is 16.8 Å². The van der Waals surface area contributed by atoms with Crippen LogP contribution >= 0.6 is 36.2 Å². The first-order valence-electron chi connectivity index (χ1n) is 9.20. The van der Waals surface area contributed by atoms with Crippen molar-refractivity contribution in [2.24, 2.45) is 0 Å². The second-order valence-corrected chi connectivity index (χ2v) is 8.00. The molecule has 0 aromatic carbocycles. The van der Waals surface area contributed by atoms with E-state index in [1.54, 1.807) is 17.7 Å². The lowest BCUT2D eigenvalue weighted by Gasteiger charge is -2.38. The van der Waals surface area contributed by atoms with Crippen molar-refractivity contribution < 1.29 is 5.11 Å². The van der Waals surface area contributed by atoms with Crippen LogP contribution in [0, 0.1) is 0 Å². The average molecular weight is 419 g/mol. The Morgan fingerprint density at radius 2 is 2.08 bits per heavy atom. The summed E-state index contributed by atoms with van der Waals surface area (Å²) in [5, 5.41) is 15.3. The molecule has 2 N–H and O–H groups in total. The molecule has 2 aliphatic rings. The van der Waals surface area contributed by atoms with Crippen LogP contribution < -0.4 is 10.2 Å². The summed E-state index contributed by atoms with van der Waals surface area (Å²) in [4.78, 5) is 14.1. The second-order valence-electron chi connectivity index (χ2n) is 6.92. The fraction of sp³-hybridized carbons (Fsp3) is 0.667. The van der Waals surface area contributed by atoms with Crippen molar-refractivity contribution in [1.82, 2.24) is 15.3 Å². The average Bonchev–Trinajstić information content (AvgIpc) is 2.99. The van der Waals surface area contributed by atoms with Gasteiger partial charge in [-0.15, -0.1) is 36.2 Å². The summed E-state index contributed by atoms with van der Waals surface area (Å²) in [6, 6.07) is 0.189. The fourth-order valence-electron chi connectivity index (χ4n) is 4.19. The van der Waals surface area contributed by atoms with Crippen LogP contribution in [-0.4, -0.2) is 40.3 Å². The fourth-order valence-corrected chi connectivity index (χ4v) is 5.34. The number of fused-ring (bicyclic) bond motifs is 3. The number of hydrogen-bond acceptors (Lipinski definition) is 6. The minimum atomic E-state index is -0.244. The minimum absolute atomic E-state index is 0. The van der Waals surface area contributed by atoms with Crippen LogP contribution in [0.3, 0.4) is 0 Å². The van der Waals surface area contributed by atoms with Gasteiger partial charge in [-0.1, -0.05) is 19.8 Å². The Kier molecular flexibility index (Phi) is 7.91. The third-order valence-corrected chi connectivity index (χ3v) is 6.46. The van der Waals surface area contributed by atoms with Gasteiger partial charge >= 0.3 is 0 Å². The summed E-state index contributed by atoms with van der Waals surface area (Å²) in [5.74, 6) is 1.05. The molecule has 0 unspecified atom stereocenters. The van der Waals surface area contributed by atoms with Crippen molar-refractivity contribution in [2.45, 2.75) is 64.1 Å². The number of nitrogens with one attached hydrogen (secondary N) is 1. The van der Waals surface area contributed by atoms with E-state index < -0.39 is 0 Å². The lowest BCUT2D eigenvalue weighted by Crippen LogP contribution is -2.46. The van der Waals surface area contributed by atoms with Crippen LogP contribution in [-0.2, 0) is 13.0 Å². The molecule has 1 fully saturated rings. The van der Waals surface area contributed by atoms with E-state index in [0.29, 0.717) is 0 Å². The molecule has 8 heteroatoms. The zero-order valence-electron chi connectivity index (χ0n) is 15.1. The molecule has 26 heavy (non-hydrogen) atoms. The Labute approximate surface area is 171 Å². The number of anilines is 1. The maximum Gasteiger partial charge on any atom is 0.141 e. The summed E-state index contributed by atoms with van der Waals surface area (Å²) in [6.07, 6.45) is 7.85. The molecule has 0 amide bonds. The quantitative estimate of drug-likeness (QED) is 0.792. The lowest BCUT2D eigenvalue weighted by atomic mass is 9.91. The minimum Gasteiger partial charge on any atom is -0.391 e. The molecule has 2 atom stereocenters. The second kappa shape index (κ2) is 9.51. The van der Waals surface area contributed by atoms with Gasteiger partial charge in [-0.05, 0) is 37.8 Å². The van der Waals surface area contributed by atoms with Crippen LogP contribution in [0.4, 0.5) is 5.82 Å². The molecule has 0 spiro atoms. The van der Waals surface area contributed by atoms with Crippen LogP contribution in [0.1, 0.15) is 49.5 Å². The Balaban J connectivity index is 0.00000121. The largest absolute Gasteiger partial charge is 0.391 e. The maximum atomic E-state index is 10.6. The number of rotatable bonds is 4. The molecule has 2 aromatic rings. The van der Waals surface area contributed by atoms with Crippen molar-refractivity contribution in [3.8, 4) is 0 Å². The van der Waals surface area contributed by atoms with Gasteiger partial charge in [0, 0.05) is 18.0 Å². The van der Waals surface area contributed by atoms with Crippen molar-refractivity contribution >= 4 is 52.2 Å². The van der Waals surface area contributed by atoms with E-state index >= 15 is 0 Å². The lowest BCUT2D eigenvalue weighted by molar-refractivity contribution is 0.104. The summed E-state index contributed by atoms with van der Waals surface area (Å²) < 4.78 is 0. The molecular weight excluding hydrogens is 391 g/mol. The van der Waals surface area contributed by atoms with Crippen molar-refractivity contribution in [2.75, 3.05) is 18.0 Å². The van der Waals surface area contributed by atoms with Gasteiger partial charge < -0.3 is 15.3 Å². The Hall–Kier alpha value is -0.660. The molecule has 0 saturated heterocycles. The molecule has 5 nitrogen and oxygen atoms in total. The molecule has 3 heterocycles. The van der Waals surface area contributed by atoms with Crippen molar-refractivity contribution in [1.29, 1.82) is 0 Å². The molecule has 4 rings (SSSR count). The number of hydrogen-bond donors (Lipinski definition) is 2. The number of aliphatic hydroxyl groups excluding tert-OH is 1. The van der Waals surface area contributed by atoms with Gasteiger partial charge in [-0.2, -0.15) is 0 Å². The van der Waals surface area contributed by atoms with Gasteiger partial charge in [0.05, 0.1) is 17.5 Å². The number of aliphatic hydroxyl groups is 1. The highest BCUT2D eigenvalue weighted by molar-refractivity contribution is 7.19. The first-order chi connectivity index (χ1) is 11.8. The highest BCUT2D eigenvalue weighted by Gasteiger charge is 2.31. The summed E-state index contributed by atoms with van der Waals surface area (Å²) in [6.45, 7) is 5.10. The number of thiophene rings is 1. The highest BCUT2D eigenvalue weighted by atomic mass is 35.5. The zero-order valence-corrected chi connectivity index (χ0v) is 17.6. The van der Waals surface area contributed by atoms with E-state index in [4.69, 9.17) is 4.98 Å². The Morgan fingerprint density at radius 1 is 1.27 bits per heavy atom. The van der Waals surface area contributed by atoms with Gasteiger partial charge in [0.25, 0.3) is 0 Å². The van der Waals surface area contributed by atoms with Gasteiger partial charge in [-0.3, -0.25) is 0 Å². The summed E-state index contributed by atoms with van der Waals surface area (Å²) in [5.41, 5.74) is 1.43. The summed E-state index contributed by atoms with van der Waals surface area (Å²) in [7, 11) is 0. The molecule has 146 valence electrons.